The molecule has 2 nitrogen and oxygen atoms in total. The smallest absolute Gasteiger partial charge is 0.178 e. The minimum absolute atomic E-state index is 0.161. The Kier molecular flexibility index (Phi) is 2.48. The van der Waals surface area contributed by atoms with Gasteiger partial charge in [-0.3, -0.25) is 4.79 Å². The van der Waals surface area contributed by atoms with E-state index in [0.29, 0.717) is 5.69 Å². The summed E-state index contributed by atoms with van der Waals surface area (Å²) in [5.41, 5.74) is 0.497. The number of aromatic nitrogens is 1. The zero-order valence-corrected chi connectivity index (χ0v) is 6.69. The number of carbonyl (C=O) groups excluding carboxylic acids is 1. The number of aldehydes is 1. The molecule has 0 spiro atoms. The van der Waals surface area contributed by atoms with Crippen LogP contribution in [-0.2, 0) is 4.79 Å². The maximum atomic E-state index is 12.3. The zero-order chi connectivity index (χ0) is 8.27. The van der Waals surface area contributed by atoms with Crippen molar-refractivity contribution in [2.75, 3.05) is 0 Å². The molecule has 4 heteroatoms. The molecule has 0 unspecified atom stereocenters. The highest BCUT2D eigenvalue weighted by molar-refractivity contribution is 7.09. The fourth-order valence-electron chi connectivity index (χ4n) is 0.622. The van der Waals surface area contributed by atoms with Crippen molar-refractivity contribution in [1.82, 2.24) is 4.98 Å². The van der Waals surface area contributed by atoms with E-state index in [4.69, 9.17) is 0 Å². The summed E-state index contributed by atoms with van der Waals surface area (Å²) in [6.07, 6.45) is 1.27. The Balaban J connectivity index is 2.86. The van der Waals surface area contributed by atoms with Gasteiger partial charge in [-0.15, -0.1) is 11.3 Å². The monoisotopic (exact) mass is 171 g/mol. The largest absolute Gasteiger partial charge is 0.295 e. The summed E-state index contributed by atoms with van der Waals surface area (Å²) in [5.74, 6) is -0.796. The Morgan fingerprint density at radius 2 is 2.55 bits per heavy atom. The SMILES string of the molecule is Cc1nc(C=C(F)C=O)cs1. The van der Waals surface area contributed by atoms with Gasteiger partial charge in [0.1, 0.15) is 0 Å². The Morgan fingerprint density at radius 1 is 1.82 bits per heavy atom. The molecule has 0 aromatic carbocycles. The summed E-state index contributed by atoms with van der Waals surface area (Å²) >= 11 is 1.42. The average Bonchev–Trinajstić information content (AvgIpc) is 2.35. The molecule has 0 atom stereocenters. The van der Waals surface area contributed by atoms with Gasteiger partial charge in [0.2, 0.25) is 0 Å². The van der Waals surface area contributed by atoms with Gasteiger partial charge in [0.05, 0.1) is 10.7 Å². The second kappa shape index (κ2) is 3.39. The second-order valence-electron chi connectivity index (χ2n) is 1.94. The molecule has 0 amide bonds. The van der Waals surface area contributed by atoms with E-state index >= 15 is 0 Å². The van der Waals surface area contributed by atoms with Gasteiger partial charge in [-0.1, -0.05) is 0 Å². The lowest BCUT2D eigenvalue weighted by molar-refractivity contribution is -0.106. The van der Waals surface area contributed by atoms with Crippen LogP contribution < -0.4 is 0 Å². The summed E-state index contributed by atoms with van der Waals surface area (Å²) < 4.78 is 12.3. The molecule has 0 aliphatic heterocycles. The Bertz CT molecular complexity index is 292. The minimum Gasteiger partial charge on any atom is -0.295 e. The lowest BCUT2D eigenvalue weighted by Crippen LogP contribution is -1.76. The lowest BCUT2D eigenvalue weighted by Gasteiger charge is -1.80. The number of rotatable bonds is 2. The lowest BCUT2D eigenvalue weighted by atomic mass is 10.4. The molecule has 1 rings (SSSR count). The first kappa shape index (κ1) is 8.07. The Hall–Kier alpha value is -1.03. The van der Waals surface area contributed by atoms with E-state index < -0.39 is 5.83 Å². The summed E-state index contributed by atoms with van der Waals surface area (Å²) in [5, 5.41) is 2.55. The number of halogens is 1. The molecular weight excluding hydrogens is 165 g/mol. The maximum absolute atomic E-state index is 12.3. The highest BCUT2D eigenvalue weighted by Gasteiger charge is 1.96. The number of allylic oxidation sites excluding steroid dienone is 1. The predicted octanol–water partition coefficient (Wildman–Crippen LogP) is 1.96. The van der Waals surface area contributed by atoms with Crippen molar-refractivity contribution in [2.24, 2.45) is 0 Å². The van der Waals surface area contributed by atoms with E-state index in [0.717, 1.165) is 11.1 Å². The molecule has 1 aromatic rings. The van der Waals surface area contributed by atoms with Crippen LogP contribution >= 0.6 is 11.3 Å². The minimum atomic E-state index is -0.796. The fourth-order valence-corrected chi connectivity index (χ4v) is 1.19. The van der Waals surface area contributed by atoms with Crippen molar-refractivity contribution >= 4 is 23.7 Å². The maximum Gasteiger partial charge on any atom is 0.178 e. The van der Waals surface area contributed by atoms with Crippen molar-refractivity contribution in [3.63, 3.8) is 0 Å². The van der Waals surface area contributed by atoms with Crippen molar-refractivity contribution in [3.05, 3.63) is 21.9 Å². The molecule has 1 aromatic heterocycles. The average molecular weight is 171 g/mol. The van der Waals surface area contributed by atoms with Crippen LogP contribution in [0, 0.1) is 6.92 Å². The normalized spacial score (nSPS) is 11.6. The van der Waals surface area contributed by atoms with Crippen LogP contribution in [0.4, 0.5) is 4.39 Å². The number of carbonyl (C=O) groups is 1. The molecule has 0 saturated heterocycles. The summed E-state index contributed by atoms with van der Waals surface area (Å²) in [6, 6.07) is 0. The van der Waals surface area contributed by atoms with Gasteiger partial charge in [-0.25, -0.2) is 9.37 Å². The second-order valence-corrected chi connectivity index (χ2v) is 3.00. The van der Waals surface area contributed by atoms with Gasteiger partial charge >= 0.3 is 0 Å². The third kappa shape index (κ3) is 2.23. The van der Waals surface area contributed by atoms with Gasteiger partial charge in [-0.2, -0.15) is 0 Å². The predicted molar refractivity (Wildman–Crippen MR) is 42.0 cm³/mol. The molecule has 0 aliphatic carbocycles. The molecule has 0 bridgehead atoms. The van der Waals surface area contributed by atoms with Crippen LogP contribution in [0.5, 0.6) is 0 Å². The summed E-state index contributed by atoms with van der Waals surface area (Å²) in [6.45, 7) is 1.82. The number of hydrogen-bond donors (Lipinski definition) is 0. The molecule has 58 valence electrons. The van der Waals surface area contributed by atoms with Crippen molar-refractivity contribution in [2.45, 2.75) is 6.92 Å². The molecule has 0 aliphatic rings. The van der Waals surface area contributed by atoms with Crippen molar-refractivity contribution in [1.29, 1.82) is 0 Å². The first-order valence-corrected chi connectivity index (χ1v) is 3.85. The van der Waals surface area contributed by atoms with E-state index in [1.165, 1.54) is 11.3 Å². The van der Waals surface area contributed by atoms with E-state index in [-0.39, 0.29) is 6.29 Å². The van der Waals surface area contributed by atoms with Crippen molar-refractivity contribution < 1.29 is 9.18 Å². The number of nitrogens with zero attached hydrogens (tertiary/aromatic N) is 1. The summed E-state index contributed by atoms with van der Waals surface area (Å²) in [7, 11) is 0. The van der Waals surface area contributed by atoms with Crippen molar-refractivity contribution in [3.8, 4) is 0 Å². The van der Waals surface area contributed by atoms with E-state index in [9.17, 15) is 9.18 Å². The quantitative estimate of drug-likeness (QED) is 0.503. The highest BCUT2D eigenvalue weighted by atomic mass is 32.1. The topological polar surface area (TPSA) is 30.0 Å². The standard InChI is InChI=1S/C7H6FNOS/c1-5-9-7(4-11-5)2-6(8)3-10/h2-4H,1H3. The molecular formula is C7H6FNOS. The molecule has 1 heterocycles. The van der Waals surface area contributed by atoms with Gasteiger partial charge < -0.3 is 0 Å². The van der Waals surface area contributed by atoms with Gasteiger partial charge in [0, 0.05) is 11.5 Å². The molecule has 0 N–H and O–H groups in total. The number of hydrogen-bond acceptors (Lipinski definition) is 3. The first-order valence-electron chi connectivity index (χ1n) is 2.97. The molecule has 0 fully saturated rings. The van der Waals surface area contributed by atoms with Gasteiger partial charge in [-0.05, 0) is 6.92 Å². The Morgan fingerprint density at radius 3 is 3.00 bits per heavy atom. The van der Waals surface area contributed by atoms with Crippen LogP contribution in [0.2, 0.25) is 0 Å². The third-order valence-corrected chi connectivity index (χ3v) is 1.83. The molecule has 0 radical (unpaired) electrons. The zero-order valence-electron chi connectivity index (χ0n) is 5.87. The van der Waals surface area contributed by atoms with Crippen LogP contribution in [0.25, 0.3) is 6.08 Å². The first-order chi connectivity index (χ1) is 5.22. The number of aryl methyl sites for hydroxylation is 1. The third-order valence-electron chi connectivity index (χ3n) is 1.04. The van der Waals surface area contributed by atoms with E-state index in [1.54, 1.807) is 5.38 Å². The van der Waals surface area contributed by atoms with Gasteiger partial charge in [0.25, 0.3) is 0 Å². The van der Waals surface area contributed by atoms with Crippen LogP contribution in [0.3, 0.4) is 0 Å². The van der Waals surface area contributed by atoms with Crippen LogP contribution in [0.15, 0.2) is 11.2 Å². The van der Waals surface area contributed by atoms with E-state index in [2.05, 4.69) is 4.98 Å². The highest BCUT2D eigenvalue weighted by Crippen LogP contribution is 2.11. The van der Waals surface area contributed by atoms with E-state index in [1.807, 2.05) is 6.92 Å². The van der Waals surface area contributed by atoms with Gasteiger partial charge in [0.15, 0.2) is 12.1 Å². The molecule has 11 heavy (non-hydrogen) atoms. The van der Waals surface area contributed by atoms with Crippen LogP contribution in [-0.4, -0.2) is 11.3 Å². The fraction of sp³-hybridized carbons (Fsp3) is 0.143. The summed E-state index contributed by atoms with van der Waals surface area (Å²) in [4.78, 5) is 13.8. The van der Waals surface area contributed by atoms with Crippen LogP contribution in [0.1, 0.15) is 10.7 Å². The molecule has 0 saturated carbocycles. The Labute approximate surface area is 67.4 Å². The number of thiazole rings is 1.